The first-order chi connectivity index (χ1) is 9.61. The Morgan fingerprint density at radius 3 is 2.50 bits per heavy atom. The zero-order valence-electron chi connectivity index (χ0n) is 10.8. The number of hydrogen-bond acceptors (Lipinski definition) is 4. The van der Waals surface area contributed by atoms with Crippen LogP contribution in [0.1, 0.15) is 26.3 Å². The van der Waals surface area contributed by atoms with Crippen LogP contribution in [0, 0.1) is 6.92 Å². The molecule has 2 rings (SSSR count). The monoisotopic (exact) mass is 268 g/mol. The number of carbonyl (C=O) groups is 3. The molecular weight excluding hydrogens is 256 g/mol. The standard InChI is InChI=1S/C16H12O4/c1-11-5-4-6-12(9-11)16(19)20-15-8-3-2-7-13(15)14(18)10-17/h2-10H,1H3. The van der Waals surface area contributed by atoms with E-state index >= 15 is 0 Å². The van der Waals surface area contributed by atoms with Gasteiger partial charge in [-0.3, -0.25) is 9.59 Å². The van der Waals surface area contributed by atoms with Gasteiger partial charge < -0.3 is 4.74 Å². The van der Waals surface area contributed by atoms with Gasteiger partial charge in [0, 0.05) is 0 Å². The highest BCUT2D eigenvalue weighted by Gasteiger charge is 2.15. The second-order valence-electron chi connectivity index (χ2n) is 4.24. The summed E-state index contributed by atoms with van der Waals surface area (Å²) in [5, 5.41) is 0. The van der Waals surface area contributed by atoms with Crippen LogP contribution in [-0.4, -0.2) is 18.0 Å². The fraction of sp³-hybridized carbons (Fsp3) is 0.0625. The van der Waals surface area contributed by atoms with Gasteiger partial charge in [-0.1, -0.05) is 29.8 Å². The average Bonchev–Trinajstić information content (AvgIpc) is 2.47. The Hall–Kier alpha value is -2.75. The van der Waals surface area contributed by atoms with E-state index in [0.29, 0.717) is 5.56 Å². The van der Waals surface area contributed by atoms with Gasteiger partial charge in [0.2, 0.25) is 5.78 Å². The number of para-hydroxylation sites is 1. The molecule has 0 saturated carbocycles. The number of ketones is 1. The predicted octanol–water partition coefficient (Wildman–Crippen LogP) is 2.60. The van der Waals surface area contributed by atoms with Gasteiger partial charge in [0.15, 0.2) is 6.29 Å². The lowest BCUT2D eigenvalue weighted by molar-refractivity contribution is -0.104. The second-order valence-corrected chi connectivity index (χ2v) is 4.24. The predicted molar refractivity (Wildman–Crippen MR) is 73.0 cm³/mol. The summed E-state index contributed by atoms with van der Waals surface area (Å²) in [6.07, 6.45) is 0.194. The topological polar surface area (TPSA) is 60.4 Å². The summed E-state index contributed by atoms with van der Waals surface area (Å²) in [4.78, 5) is 34.0. The van der Waals surface area contributed by atoms with Crippen molar-refractivity contribution in [1.82, 2.24) is 0 Å². The molecule has 0 spiro atoms. The summed E-state index contributed by atoms with van der Waals surface area (Å²) in [6, 6.07) is 13.1. The van der Waals surface area contributed by atoms with Crippen molar-refractivity contribution in [1.29, 1.82) is 0 Å². The molecule has 0 aliphatic rings. The molecule has 0 bridgehead atoms. The lowest BCUT2D eigenvalue weighted by Crippen LogP contribution is -2.12. The Kier molecular flexibility index (Phi) is 4.05. The van der Waals surface area contributed by atoms with Crippen LogP contribution in [0.4, 0.5) is 0 Å². The van der Waals surface area contributed by atoms with Gasteiger partial charge in [-0.2, -0.15) is 0 Å². The molecule has 0 fully saturated rings. The Bertz CT molecular complexity index is 674. The molecule has 0 saturated heterocycles. The number of ether oxygens (including phenoxy) is 1. The van der Waals surface area contributed by atoms with Crippen LogP contribution in [0.2, 0.25) is 0 Å². The summed E-state index contributed by atoms with van der Waals surface area (Å²) >= 11 is 0. The van der Waals surface area contributed by atoms with Crippen molar-refractivity contribution in [2.24, 2.45) is 0 Å². The fourth-order valence-corrected chi connectivity index (χ4v) is 1.75. The maximum absolute atomic E-state index is 12.0. The van der Waals surface area contributed by atoms with Crippen molar-refractivity contribution in [3.05, 3.63) is 65.2 Å². The lowest BCUT2D eigenvalue weighted by Gasteiger charge is -2.07. The molecule has 2 aromatic carbocycles. The third-order valence-electron chi connectivity index (χ3n) is 2.72. The van der Waals surface area contributed by atoms with Crippen molar-refractivity contribution in [3.8, 4) is 5.75 Å². The smallest absolute Gasteiger partial charge is 0.343 e. The van der Waals surface area contributed by atoms with E-state index in [1.165, 1.54) is 12.1 Å². The van der Waals surface area contributed by atoms with E-state index in [4.69, 9.17) is 4.74 Å². The minimum atomic E-state index is -0.724. The fourth-order valence-electron chi connectivity index (χ4n) is 1.75. The number of benzene rings is 2. The van der Waals surface area contributed by atoms with Crippen molar-refractivity contribution >= 4 is 18.0 Å². The number of aldehydes is 1. The van der Waals surface area contributed by atoms with Crippen LogP contribution < -0.4 is 4.74 Å². The number of hydrogen-bond donors (Lipinski definition) is 0. The molecule has 0 aliphatic heterocycles. The highest BCUT2D eigenvalue weighted by Crippen LogP contribution is 2.19. The SMILES string of the molecule is Cc1cccc(C(=O)Oc2ccccc2C(=O)C=O)c1. The zero-order valence-corrected chi connectivity index (χ0v) is 10.8. The molecule has 4 heteroatoms. The molecule has 0 radical (unpaired) electrons. The first kappa shape index (κ1) is 13.7. The van der Waals surface area contributed by atoms with Crippen LogP contribution in [0.5, 0.6) is 5.75 Å². The van der Waals surface area contributed by atoms with E-state index in [1.807, 2.05) is 13.0 Å². The summed E-state index contributed by atoms with van der Waals surface area (Å²) < 4.78 is 5.19. The summed E-state index contributed by atoms with van der Waals surface area (Å²) in [6.45, 7) is 1.86. The number of Topliss-reactive ketones (excluding diaryl/α,β-unsaturated/α-hetero) is 1. The summed E-state index contributed by atoms with van der Waals surface area (Å²) in [5.74, 6) is -1.21. The average molecular weight is 268 g/mol. The number of aryl methyl sites for hydroxylation is 1. The Morgan fingerprint density at radius 1 is 1.05 bits per heavy atom. The number of esters is 1. The molecule has 4 nitrogen and oxygen atoms in total. The Morgan fingerprint density at radius 2 is 1.80 bits per heavy atom. The van der Waals surface area contributed by atoms with Gasteiger partial charge in [-0.25, -0.2) is 4.79 Å². The number of rotatable bonds is 4. The minimum Gasteiger partial charge on any atom is -0.422 e. The highest BCUT2D eigenvalue weighted by molar-refractivity contribution is 6.34. The molecule has 0 amide bonds. The lowest BCUT2D eigenvalue weighted by atomic mass is 10.1. The Balaban J connectivity index is 2.28. The van der Waals surface area contributed by atoms with Gasteiger partial charge >= 0.3 is 5.97 Å². The molecule has 0 aliphatic carbocycles. The van der Waals surface area contributed by atoms with Crippen LogP contribution in [0.3, 0.4) is 0 Å². The van der Waals surface area contributed by atoms with E-state index in [9.17, 15) is 14.4 Å². The van der Waals surface area contributed by atoms with Gasteiger partial charge in [-0.05, 0) is 31.2 Å². The maximum atomic E-state index is 12.0. The molecule has 2 aromatic rings. The van der Waals surface area contributed by atoms with Gasteiger partial charge in [0.25, 0.3) is 0 Å². The van der Waals surface area contributed by atoms with E-state index < -0.39 is 11.8 Å². The molecular formula is C16H12O4. The maximum Gasteiger partial charge on any atom is 0.343 e. The van der Waals surface area contributed by atoms with Crippen molar-refractivity contribution in [2.45, 2.75) is 6.92 Å². The first-order valence-corrected chi connectivity index (χ1v) is 5.99. The summed E-state index contributed by atoms with van der Waals surface area (Å²) in [5.41, 5.74) is 1.39. The van der Waals surface area contributed by atoms with Crippen LogP contribution in [0.15, 0.2) is 48.5 Å². The normalized spacial score (nSPS) is 9.85. The van der Waals surface area contributed by atoms with Crippen molar-refractivity contribution in [2.75, 3.05) is 0 Å². The van der Waals surface area contributed by atoms with Gasteiger partial charge in [0.1, 0.15) is 5.75 Å². The van der Waals surface area contributed by atoms with Crippen molar-refractivity contribution < 1.29 is 19.1 Å². The van der Waals surface area contributed by atoms with Gasteiger partial charge in [0.05, 0.1) is 11.1 Å². The number of carbonyl (C=O) groups excluding carboxylic acids is 3. The van der Waals surface area contributed by atoms with E-state index in [1.54, 1.807) is 30.3 Å². The van der Waals surface area contributed by atoms with Gasteiger partial charge in [-0.15, -0.1) is 0 Å². The summed E-state index contributed by atoms with van der Waals surface area (Å²) in [7, 11) is 0. The van der Waals surface area contributed by atoms with E-state index in [0.717, 1.165) is 5.56 Å². The molecule has 0 unspecified atom stereocenters. The molecule has 0 N–H and O–H groups in total. The van der Waals surface area contributed by atoms with Crippen LogP contribution in [0.25, 0.3) is 0 Å². The Labute approximate surface area is 116 Å². The van der Waals surface area contributed by atoms with E-state index in [-0.39, 0.29) is 17.6 Å². The van der Waals surface area contributed by atoms with Crippen LogP contribution >= 0.6 is 0 Å². The third kappa shape index (κ3) is 2.98. The molecule has 20 heavy (non-hydrogen) atoms. The van der Waals surface area contributed by atoms with Crippen LogP contribution in [-0.2, 0) is 4.79 Å². The third-order valence-corrected chi connectivity index (χ3v) is 2.72. The van der Waals surface area contributed by atoms with E-state index in [2.05, 4.69) is 0 Å². The first-order valence-electron chi connectivity index (χ1n) is 5.99. The molecule has 0 aromatic heterocycles. The molecule has 0 heterocycles. The highest BCUT2D eigenvalue weighted by atomic mass is 16.5. The zero-order chi connectivity index (χ0) is 14.5. The quantitative estimate of drug-likeness (QED) is 0.281. The molecule has 0 atom stereocenters. The minimum absolute atomic E-state index is 0.0727. The second kappa shape index (κ2) is 5.93. The van der Waals surface area contributed by atoms with Crippen molar-refractivity contribution in [3.63, 3.8) is 0 Å². The largest absolute Gasteiger partial charge is 0.422 e. The molecule has 100 valence electrons.